The van der Waals surface area contributed by atoms with Crippen LogP contribution in [0.15, 0.2) is 41.6 Å². The Labute approximate surface area is 202 Å². The van der Waals surface area contributed by atoms with E-state index in [0.717, 1.165) is 0 Å². The fraction of sp³-hybridized carbons (Fsp3) is 0.158. The van der Waals surface area contributed by atoms with Crippen LogP contribution in [0.5, 0.6) is 0 Å². The minimum atomic E-state index is -0.302. The number of carbonyl (C=O) groups is 2. The van der Waals surface area contributed by atoms with Crippen LogP contribution >= 0.6 is 58.2 Å². The lowest BCUT2D eigenvalue weighted by Gasteiger charge is -2.09. The van der Waals surface area contributed by atoms with Crippen LogP contribution in [0.3, 0.4) is 0 Å². The minimum absolute atomic E-state index is 0.0669. The molecule has 0 atom stereocenters. The maximum Gasteiger partial charge on any atom is 0.251 e. The molecule has 2 N–H and O–H groups in total. The van der Waals surface area contributed by atoms with Crippen LogP contribution in [0.1, 0.15) is 16.2 Å². The molecular formula is C19H15Cl4N5O2S. The highest BCUT2D eigenvalue weighted by molar-refractivity contribution is 7.99. The molecule has 0 aliphatic rings. The number of carbonyl (C=O) groups excluding carboxylic acids is 2. The molecule has 0 unspecified atom stereocenters. The quantitative estimate of drug-likeness (QED) is 0.336. The first-order chi connectivity index (χ1) is 14.7. The summed E-state index contributed by atoms with van der Waals surface area (Å²) in [6, 6.07) is 9.57. The molecule has 0 saturated heterocycles. The van der Waals surface area contributed by atoms with Gasteiger partial charge in [-0.3, -0.25) is 9.59 Å². The van der Waals surface area contributed by atoms with E-state index in [4.69, 9.17) is 46.4 Å². The van der Waals surface area contributed by atoms with Crippen LogP contribution in [0.4, 0.5) is 5.69 Å². The first kappa shape index (κ1) is 23.7. The van der Waals surface area contributed by atoms with Crippen LogP contribution < -0.4 is 10.6 Å². The van der Waals surface area contributed by atoms with Crippen LogP contribution in [0, 0.1) is 0 Å². The monoisotopic (exact) mass is 517 g/mol. The second-order valence-electron chi connectivity index (χ2n) is 6.23. The molecule has 0 fully saturated rings. The Bertz CT molecular complexity index is 1140. The molecule has 1 aromatic heterocycles. The molecule has 1 heterocycles. The third kappa shape index (κ3) is 6.27. The van der Waals surface area contributed by atoms with Gasteiger partial charge in [0.1, 0.15) is 0 Å². The molecule has 0 bridgehead atoms. The summed E-state index contributed by atoms with van der Waals surface area (Å²) in [5.41, 5.74) is 0.811. The summed E-state index contributed by atoms with van der Waals surface area (Å²) in [5, 5.41) is 15.4. The Morgan fingerprint density at radius 1 is 1.03 bits per heavy atom. The van der Waals surface area contributed by atoms with Gasteiger partial charge in [0.2, 0.25) is 5.91 Å². The molecule has 0 saturated carbocycles. The largest absolute Gasteiger partial charge is 0.345 e. The highest BCUT2D eigenvalue weighted by Gasteiger charge is 2.14. The molecular weight excluding hydrogens is 504 g/mol. The Kier molecular flexibility index (Phi) is 8.07. The topological polar surface area (TPSA) is 88.9 Å². The summed E-state index contributed by atoms with van der Waals surface area (Å²) in [7, 11) is 1.75. The number of hydrogen-bond acceptors (Lipinski definition) is 5. The maximum absolute atomic E-state index is 12.3. The van der Waals surface area contributed by atoms with Crippen molar-refractivity contribution in [1.82, 2.24) is 20.1 Å². The van der Waals surface area contributed by atoms with Gasteiger partial charge in [0.25, 0.3) is 5.91 Å². The number of benzene rings is 2. The van der Waals surface area contributed by atoms with Gasteiger partial charge in [0.15, 0.2) is 11.0 Å². The second kappa shape index (κ2) is 10.6. The summed E-state index contributed by atoms with van der Waals surface area (Å²) < 4.78 is 1.70. The van der Waals surface area contributed by atoms with E-state index in [1.54, 1.807) is 35.9 Å². The fourth-order valence-corrected chi connectivity index (χ4v) is 3.96. The Hall–Kier alpha value is -1.97. The average molecular weight is 519 g/mol. The number of nitrogens with one attached hydrogen (secondary N) is 2. The highest BCUT2D eigenvalue weighted by atomic mass is 35.5. The van der Waals surface area contributed by atoms with Crippen LogP contribution in [-0.4, -0.2) is 32.3 Å². The Morgan fingerprint density at radius 2 is 1.77 bits per heavy atom. The molecule has 0 radical (unpaired) electrons. The molecule has 2 amide bonds. The zero-order chi connectivity index (χ0) is 22.5. The van der Waals surface area contributed by atoms with Crippen molar-refractivity contribution in [1.29, 1.82) is 0 Å². The number of halogens is 4. The molecule has 2 aromatic carbocycles. The summed E-state index contributed by atoms with van der Waals surface area (Å²) in [6.45, 7) is 0.167. The van der Waals surface area contributed by atoms with E-state index in [1.807, 2.05) is 0 Å². The normalized spacial score (nSPS) is 10.7. The van der Waals surface area contributed by atoms with Gasteiger partial charge in [-0.05, 0) is 30.3 Å². The number of aromatic nitrogens is 3. The fourth-order valence-electron chi connectivity index (χ4n) is 2.45. The van der Waals surface area contributed by atoms with Gasteiger partial charge in [-0.2, -0.15) is 0 Å². The van der Waals surface area contributed by atoms with Crippen molar-refractivity contribution in [2.75, 3.05) is 11.1 Å². The second-order valence-corrected chi connectivity index (χ2v) is 8.83. The van der Waals surface area contributed by atoms with E-state index >= 15 is 0 Å². The van der Waals surface area contributed by atoms with Crippen molar-refractivity contribution in [3.63, 3.8) is 0 Å². The number of nitrogens with zero attached hydrogens (tertiary/aromatic N) is 3. The van der Waals surface area contributed by atoms with Gasteiger partial charge < -0.3 is 15.2 Å². The highest BCUT2D eigenvalue weighted by Crippen LogP contribution is 2.32. The number of anilines is 1. The summed E-state index contributed by atoms with van der Waals surface area (Å²) in [5.74, 6) is 0.0183. The average Bonchev–Trinajstić information content (AvgIpc) is 3.08. The van der Waals surface area contributed by atoms with Gasteiger partial charge in [0, 0.05) is 17.6 Å². The van der Waals surface area contributed by atoms with E-state index < -0.39 is 0 Å². The lowest BCUT2D eigenvalue weighted by molar-refractivity contribution is -0.113. The molecule has 12 heteroatoms. The summed E-state index contributed by atoms with van der Waals surface area (Å²) in [4.78, 5) is 24.5. The van der Waals surface area contributed by atoms with E-state index in [1.165, 1.54) is 23.9 Å². The van der Waals surface area contributed by atoms with Gasteiger partial charge in [-0.15, -0.1) is 10.2 Å². The lowest BCUT2D eigenvalue weighted by Crippen LogP contribution is -2.24. The zero-order valence-electron chi connectivity index (χ0n) is 16.0. The Balaban J connectivity index is 1.55. The van der Waals surface area contributed by atoms with Gasteiger partial charge in [-0.1, -0.05) is 64.2 Å². The maximum atomic E-state index is 12.3. The molecule has 31 heavy (non-hydrogen) atoms. The number of thioether (sulfide) groups is 1. The molecule has 7 nitrogen and oxygen atoms in total. The molecule has 0 spiro atoms. The van der Waals surface area contributed by atoms with Gasteiger partial charge in [-0.25, -0.2) is 0 Å². The number of amides is 2. The summed E-state index contributed by atoms with van der Waals surface area (Å²) >= 11 is 25.0. The molecule has 3 rings (SSSR count). The van der Waals surface area contributed by atoms with Gasteiger partial charge >= 0.3 is 0 Å². The van der Waals surface area contributed by atoms with E-state index in [2.05, 4.69) is 20.8 Å². The standard InChI is InChI=1S/C19H15Cl4N5O2S/c1-28-16(8-24-18(30)10-3-2-4-11(20)5-10)26-27-19(28)31-9-17(29)25-15-7-13(22)12(21)6-14(15)23/h2-7H,8-9H2,1H3,(H,24,30)(H,25,29). The van der Waals surface area contributed by atoms with Crippen molar-refractivity contribution in [3.05, 3.63) is 67.9 Å². The van der Waals surface area contributed by atoms with Crippen molar-refractivity contribution in [2.45, 2.75) is 11.7 Å². The minimum Gasteiger partial charge on any atom is -0.345 e. The lowest BCUT2D eigenvalue weighted by atomic mass is 10.2. The summed E-state index contributed by atoms with van der Waals surface area (Å²) in [6.07, 6.45) is 0. The predicted molar refractivity (Wildman–Crippen MR) is 124 cm³/mol. The van der Waals surface area contributed by atoms with E-state index in [0.29, 0.717) is 32.3 Å². The van der Waals surface area contributed by atoms with Gasteiger partial charge in [0.05, 0.1) is 33.1 Å². The van der Waals surface area contributed by atoms with Crippen molar-refractivity contribution in [2.24, 2.45) is 7.05 Å². The molecule has 3 aromatic rings. The van der Waals surface area contributed by atoms with Crippen molar-refractivity contribution < 1.29 is 9.59 Å². The molecule has 162 valence electrons. The third-order valence-corrected chi connectivity index (χ3v) is 6.33. The molecule has 0 aliphatic heterocycles. The predicted octanol–water partition coefficient (Wildman–Crippen LogP) is 5.09. The van der Waals surface area contributed by atoms with E-state index in [-0.39, 0.29) is 34.2 Å². The van der Waals surface area contributed by atoms with E-state index in [9.17, 15) is 9.59 Å². The smallest absolute Gasteiger partial charge is 0.251 e. The number of hydrogen-bond donors (Lipinski definition) is 2. The van der Waals surface area contributed by atoms with Crippen LogP contribution in [0.2, 0.25) is 20.1 Å². The third-order valence-electron chi connectivity index (χ3n) is 4.04. The van der Waals surface area contributed by atoms with Crippen molar-refractivity contribution >= 4 is 75.7 Å². The first-order valence-corrected chi connectivity index (χ1v) is 11.2. The Morgan fingerprint density at radius 3 is 2.52 bits per heavy atom. The SMILES string of the molecule is Cn1c(CNC(=O)c2cccc(Cl)c2)nnc1SCC(=O)Nc1cc(Cl)c(Cl)cc1Cl. The van der Waals surface area contributed by atoms with Crippen LogP contribution in [0.25, 0.3) is 0 Å². The zero-order valence-corrected chi connectivity index (χ0v) is 19.8. The first-order valence-electron chi connectivity index (χ1n) is 8.74. The molecule has 0 aliphatic carbocycles. The van der Waals surface area contributed by atoms with Crippen molar-refractivity contribution in [3.8, 4) is 0 Å². The van der Waals surface area contributed by atoms with Crippen LogP contribution in [-0.2, 0) is 18.4 Å². The number of rotatable bonds is 7.